The molecule has 1 heterocycles. The lowest BCUT2D eigenvalue weighted by molar-refractivity contribution is 0.0697. The van der Waals surface area contributed by atoms with Gasteiger partial charge in [0, 0.05) is 23.6 Å². The van der Waals surface area contributed by atoms with E-state index in [1.807, 2.05) is 23.1 Å². The van der Waals surface area contributed by atoms with Crippen LogP contribution < -0.4 is 14.4 Å². The van der Waals surface area contributed by atoms with Crippen molar-refractivity contribution in [1.29, 1.82) is 0 Å². The number of pyridine rings is 1. The van der Waals surface area contributed by atoms with Crippen molar-refractivity contribution in [3.63, 3.8) is 0 Å². The van der Waals surface area contributed by atoms with Crippen LogP contribution in [0.5, 0.6) is 17.2 Å². The fourth-order valence-electron chi connectivity index (χ4n) is 3.25. The third-order valence-corrected chi connectivity index (χ3v) is 5.23. The molecule has 1 aromatic heterocycles. The van der Waals surface area contributed by atoms with Gasteiger partial charge in [-0.15, -0.1) is 0 Å². The van der Waals surface area contributed by atoms with Crippen LogP contribution >= 0.6 is 0 Å². The topological polar surface area (TPSA) is 92.1 Å². The van der Waals surface area contributed by atoms with Crippen molar-refractivity contribution in [2.75, 3.05) is 18.6 Å². The lowest BCUT2D eigenvalue weighted by Gasteiger charge is -2.26. The van der Waals surface area contributed by atoms with Crippen LogP contribution in [-0.2, 0) is 6.54 Å². The Hall–Kier alpha value is -3.74. The van der Waals surface area contributed by atoms with Crippen LogP contribution in [0.2, 0.25) is 0 Å². The van der Waals surface area contributed by atoms with Gasteiger partial charge in [0.25, 0.3) is 0 Å². The van der Waals surface area contributed by atoms with E-state index in [1.54, 1.807) is 49.7 Å². The van der Waals surface area contributed by atoms with Gasteiger partial charge in [-0.3, -0.25) is 4.98 Å². The molecule has 7 heteroatoms. The quantitative estimate of drug-likeness (QED) is 0.522. The maximum Gasteiger partial charge on any atom is 0.335 e. The summed E-state index contributed by atoms with van der Waals surface area (Å²) in [4.78, 5) is 17.5. The van der Waals surface area contributed by atoms with Gasteiger partial charge >= 0.3 is 5.97 Å². The molecule has 7 nitrogen and oxygen atoms in total. The Morgan fingerprint density at radius 3 is 2.48 bits per heavy atom. The number of aromatic carboxylic acids is 1. The number of aromatic nitrogens is 1. The van der Waals surface area contributed by atoms with Crippen LogP contribution in [0.15, 0.2) is 60.8 Å². The molecular formula is C24H24N2O5. The molecule has 0 amide bonds. The minimum atomic E-state index is -0.985. The van der Waals surface area contributed by atoms with Crippen LogP contribution in [0.4, 0.5) is 11.4 Å². The average Bonchev–Trinajstić information content (AvgIpc) is 3.62. The van der Waals surface area contributed by atoms with Crippen molar-refractivity contribution < 1.29 is 24.5 Å². The number of aromatic hydroxyl groups is 1. The molecule has 0 atom stereocenters. The molecule has 0 radical (unpaired) electrons. The Kier molecular flexibility index (Phi) is 5.93. The van der Waals surface area contributed by atoms with E-state index in [0.29, 0.717) is 29.7 Å². The van der Waals surface area contributed by atoms with E-state index < -0.39 is 5.97 Å². The summed E-state index contributed by atoms with van der Waals surface area (Å²) >= 11 is 0. The highest BCUT2D eigenvalue weighted by Crippen LogP contribution is 2.38. The van der Waals surface area contributed by atoms with E-state index in [4.69, 9.17) is 9.47 Å². The number of ether oxygens (including phenoxy) is 2. The molecule has 1 aliphatic rings. The second kappa shape index (κ2) is 8.95. The van der Waals surface area contributed by atoms with Gasteiger partial charge in [0.15, 0.2) is 11.5 Å². The van der Waals surface area contributed by atoms with Crippen LogP contribution in [0, 0.1) is 5.92 Å². The molecule has 0 bridgehead atoms. The zero-order valence-corrected chi connectivity index (χ0v) is 17.2. The normalized spacial score (nSPS) is 12.9. The van der Waals surface area contributed by atoms with E-state index in [2.05, 4.69) is 4.98 Å². The number of hydrogen-bond donors (Lipinski definition) is 2. The summed E-state index contributed by atoms with van der Waals surface area (Å²) in [5.41, 5.74) is 2.27. The molecule has 2 N–H and O–H groups in total. The largest absolute Gasteiger partial charge is 0.506 e. The predicted molar refractivity (Wildman–Crippen MR) is 116 cm³/mol. The molecule has 31 heavy (non-hydrogen) atoms. The van der Waals surface area contributed by atoms with E-state index in [0.717, 1.165) is 11.4 Å². The highest BCUT2D eigenvalue weighted by Gasteiger charge is 2.23. The molecule has 3 aromatic rings. The van der Waals surface area contributed by atoms with Crippen molar-refractivity contribution in [3.05, 3.63) is 72.1 Å². The van der Waals surface area contributed by atoms with Crippen molar-refractivity contribution >= 4 is 17.3 Å². The van der Waals surface area contributed by atoms with E-state index >= 15 is 0 Å². The van der Waals surface area contributed by atoms with Gasteiger partial charge < -0.3 is 24.6 Å². The minimum Gasteiger partial charge on any atom is -0.506 e. The number of carboxylic acid groups (broad SMARTS) is 1. The number of carbonyl (C=O) groups is 1. The zero-order valence-electron chi connectivity index (χ0n) is 17.2. The number of nitrogens with zero attached hydrogens (tertiary/aromatic N) is 2. The van der Waals surface area contributed by atoms with Crippen LogP contribution in [0.3, 0.4) is 0 Å². The molecule has 4 rings (SSSR count). The molecule has 1 aliphatic carbocycles. The lowest BCUT2D eigenvalue weighted by atomic mass is 10.1. The highest BCUT2D eigenvalue weighted by molar-refractivity contribution is 5.88. The molecule has 160 valence electrons. The molecule has 0 spiro atoms. The Morgan fingerprint density at radius 1 is 1.10 bits per heavy atom. The predicted octanol–water partition coefficient (Wildman–Crippen LogP) is 4.62. The Morgan fingerprint density at radius 2 is 1.84 bits per heavy atom. The zero-order chi connectivity index (χ0) is 21.8. The molecule has 0 unspecified atom stereocenters. The summed E-state index contributed by atoms with van der Waals surface area (Å²) in [5, 5.41) is 19.5. The van der Waals surface area contributed by atoms with Gasteiger partial charge in [0.1, 0.15) is 11.4 Å². The molecule has 2 aromatic carbocycles. The maximum absolute atomic E-state index is 11.2. The second-order valence-electron chi connectivity index (χ2n) is 7.50. The van der Waals surface area contributed by atoms with Gasteiger partial charge in [-0.2, -0.15) is 0 Å². The summed E-state index contributed by atoms with van der Waals surface area (Å²) < 4.78 is 11.5. The number of benzene rings is 2. The first-order chi connectivity index (χ1) is 15.0. The average molecular weight is 420 g/mol. The maximum atomic E-state index is 11.2. The van der Waals surface area contributed by atoms with Gasteiger partial charge in [-0.25, -0.2) is 4.79 Å². The molecule has 0 saturated heterocycles. The van der Waals surface area contributed by atoms with Gasteiger partial charge in [-0.05, 0) is 67.3 Å². The minimum absolute atomic E-state index is 0.0911. The summed E-state index contributed by atoms with van der Waals surface area (Å²) in [5.74, 6) is 0.989. The Labute approximate surface area is 180 Å². The van der Waals surface area contributed by atoms with Crippen LogP contribution in [0.1, 0.15) is 28.9 Å². The smallest absolute Gasteiger partial charge is 0.335 e. The fraction of sp³-hybridized carbons (Fsp3) is 0.250. The highest BCUT2D eigenvalue weighted by atomic mass is 16.5. The summed E-state index contributed by atoms with van der Waals surface area (Å²) in [6, 6.07) is 15.5. The van der Waals surface area contributed by atoms with Crippen molar-refractivity contribution in [1.82, 2.24) is 4.98 Å². The lowest BCUT2D eigenvalue weighted by Crippen LogP contribution is -2.18. The Bertz CT molecular complexity index is 1060. The summed E-state index contributed by atoms with van der Waals surface area (Å²) in [7, 11) is 1.60. The number of carboxylic acids is 1. The standard InChI is InChI=1S/C24H24N2O5/c1-30-22-11-10-19(13-23(22)31-15-16-4-5-16)26(14-20-21(27)3-2-12-25-20)18-8-6-17(7-9-18)24(28)29/h2-3,6-13,16,27H,4-5,14-15H2,1H3,(H,28,29). The second-order valence-corrected chi connectivity index (χ2v) is 7.50. The third-order valence-electron chi connectivity index (χ3n) is 5.23. The number of rotatable bonds is 9. The van der Waals surface area contributed by atoms with E-state index in [9.17, 15) is 15.0 Å². The van der Waals surface area contributed by atoms with Crippen molar-refractivity contribution in [2.45, 2.75) is 19.4 Å². The number of anilines is 2. The van der Waals surface area contributed by atoms with Crippen LogP contribution in [0.25, 0.3) is 0 Å². The molecular weight excluding hydrogens is 396 g/mol. The van der Waals surface area contributed by atoms with E-state index in [-0.39, 0.29) is 17.9 Å². The third kappa shape index (κ3) is 4.88. The molecule has 1 saturated carbocycles. The Balaban J connectivity index is 1.71. The fourth-order valence-corrected chi connectivity index (χ4v) is 3.25. The van der Waals surface area contributed by atoms with Gasteiger partial charge in [-0.1, -0.05) is 0 Å². The first-order valence-corrected chi connectivity index (χ1v) is 10.1. The first kappa shape index (κ1) is 20.5. The summed E-state index contributed by atoms with van der Waals surface area (Å²) in [6.07, 6.45) is 3.99. The van der Waals surface area contributed by atoms with Crippen molar-refractivity contribution in [2.24, 2.45) is 5.92 Å². The van der Waals surface area contributed by atoms with Gasteiger partial charge in [0.2, 0.25) is 0 Å². The molecule has 1 fully saturated rings. The molecule has 0 aliphatic heterocycles. The van der Waals surface area contributed by atoms with E-state index in [1.165, 1.54) is 12.8 Å². The monoisotopic (exact) mass is 420 g/mol. The van der Waals surface area contributed by atoms with Gasteiger partial charge in [0.05, 0.1) is 25.8 Å². The van der Waals surface area contributed by atoms with Crippen molar-refractivity contribution in [3.8, 4) is 17.2 Å². The number of hydrogen-bond acceptors (Lipinski definition) is 6. The van der Waals surface area contributed by atoms with Crippen LogP contribution in [-0.4, -0.2) is 34.9 Å². The first-order valence-electron chi connectivity index (χ1n) is 10.1. The SMILES string of the molecule is COc1ccc(N(Cc2ncccc2O)c2ccc(C(=O)O)cc2)cc1OCC1CC1. The summed E-state index contributed by atoms with van der Waals surface area (Å²) in [6.45, 7) is 0.932. The number of methoxy groups -OCH3 is 1.